The molecule has 0 spiro atoms. The Labute approximate surface area is 332 Å². The van der Waals surface area contributed by atoms with Gasteiger partial charge in [-0.1, -0.05) is 204 Å². The summed E-state index contributed by atoms with van der Waals surface area (Å²) >= 11 is 0. The summed E-state index contributed by atoms with van der Waals surface area (Å²) in [5.41, 5.74) is 0. The minimum Gasteiger partial charge on any atom is -0.462 e. The SMILES string of the molecule is CC/C=C\C/C=C\C/C=C\C/C=C\C/C=C\CC(=O)OC(COC(=O)CCCCCCC)COC(=O)CCCCCCCCCCCCCCCCCC. The summed E-state index contributed by atoms with van der Waals surface area (Å²) in [7, 11) is 0. The highest BCUT2D eigenvalue weighted by Crippen LogP contribution is 2.14. The number of hydrogen-bond acceptors (Lipinski definition) is 6. The molecule has 0 bridgehead atoms. The smallest absolute Gasteiger partial charge is 0.310 e. The van der Waals surface area contributed by atoms with Gasteiger partial charge in [0.15, 0.2) is 6.10 Å². The molecule has 0 aliphatic heterocycles. The van der Waals surface area contributed by atoms with Gasteiger partial charge in [-0.25, -0.2) is 0 Å². The number of rotatable bonds is 39. The number of esters is 3. The van der Waals surface area contributed by atoms with E-state index in [1.807, 2.05) is 6.08 Å². The highest BCUT2D eigenvalue weighted by molar-refractivity contribution is 5.72. The normalized spacial score (nSPS) is 12.6. The molecule has 1 atom stereocenters. The van der Waals surface area contributed by atoms with E-state index in [1.165, 1.54) is 83.5 Å². The van der Waals surface area contributed by atoms with E-state index in [1.54, 1.807) is 6.08 Å². The molecule has 0 aromatic heterocycles. The predicted molar refractivity (Wildman–Crippen MR) is 228 cm³/mol. The monoisotopic (exact) mass is 755 g/mol. The molecule has 310 valence electrons. The molecule has 0 N–H and O–H groups in total. The standard InChI is InChI=1S/C48H82O6/c1-4-7-10-13-15-17-19-21-23-25-26-28-30-32-35-38-41-47(50)53-44-45(43-52-46(49)40-37-34-12-9-6-3)54-48(51)42-39-36-33-31-29-27-24-22-20-18-16-14-11-8-5-2/h8,11,16,18,22,24,29,31,36,39,45H,4-7,9-10,12-15,17,19-21,23,25-28,30,32-35,37-38,40-44H2,1-3H3/b11-8-,18-16-,24-22-,31-29-,39-36-. The molecule has 6 heteroatoms. The van der Waals surface area contributed by atoms with Crippen LogP contribution in [0.1, 0.15) is 207 Å². The van der Waals surface area contributed by atoms with Gasteiger partial charge in [0.1, 0.15) is 13.2 Å². The highest BCUT2D eigenvalue weighted by atomic mass is 16.6. The molecule has 0 amide bonds. The molecular weight excluding hydrogens is 673 g/mol. The number of carbonyl (C=O) groups is 3. The zero-order valence-electron chi connectivity index (χ0n) is 35.2. The summed E-state index contributed by atoms with van der Waals surface area (Å²) in [5, 5.41) is 0. The van der Waals surface area contributed by atoms with Crippen LogP contribution in [0.5, 0.6) is 0 Å². The average molecular weight is 755 g/mol. The molecule has 1 unspecified atom stereocenters. The first-order valence-corrected chi connectivity index (χ1v) is 22.3. The van der Waals surface area contributed by atoms with Crippen LogP contribution in [0.15, 0.2) is 60.8 Å². The zero-order chi connectivity index (χ0) is 39.4. The van der Waals surface area contributed by atoms with Crippen molar-refractivity contribution in [3.05, 3.63) is 60.8 Å². The van der Waals surface area contributed by atoms with Gasteiger partial charge in [0, 0.05) is 12.8 Å². The van der Waals surface area contributed by atoms with Gasteiger partial charge < -0.3 is 14.2 Å². The Hall–Kier alpha value is -2.89. The fourth-order valence-electron chi connectivity index (χ4n) is 5.99. The maximum absolute atomic E-state index is 12.6. The maximum Gasteiger partial charge on any atom is 0.310 e. The summed E-state index contributed by atoms with van der Waals surface area (Å²) in [6.07, 6.45) is 51.2. The van der Waals surface area contributed by atoms with Crippen molar-refractivity contribution >= 4 is 17.9 Å². The summed E-state index contributed by atoms with van der Waals surface area (Å²) in [6.45, 7) is 6.34. The van der Waals surface area contributed by atoms with Gasteiger partial charge in [-0.2, -0.15) is 0 Å². The maximum atomic E-state index is 12.6. The van der Waals surface area contributed by atoms with Gasteiger partial charge in [-0.05, 0) is 44.9 Å². The van der Waals surface area contributed by atoms with E-state index in [2.05, 4.69) is 69.4 Å². The molecule has 0 saturated carbocycles. The van der Waals surface area contributed by atoms with Gasteiger partial charge in [0.2, 0.25) is 0 Å². The van der Waals surface area contributed by atoms with Crippen LogP contribution in [0, 0.1) is 0 Å². The largest absolute Gasteiger partial charge is 0.462 e. The fourth-order valence-corrected chi connectivity index (χ4v) is 5.99. The molecule has 0 saturated heterocycles. The molecule has 0 rings (SSSR count). The van der Waals surface area contributed by atoms with Gasteiger partial charge in [0.05, 0.1) is 6.42 Å². The molecule has 0 heterocycles. The Morgan fingerprint density at radius 1 is 0.389 bits per heavy atom. The van der Waals surface area contributed by atoms with Crippen molar-refractivity contribution in [3.8, 4) is 0 Å². The fraction of sp³-hybridized carbons (Fsp3) is 0.729. The van der Waals surface area contributed by atoms with Crippen molar-refractivity contribution in [2.75, 3.05) is 13.2 Å². The van der Waals surface area contributed by atoms with Crippen LogP contribution in [-0.2, 0) is 28.6 Å². The van der Waals surface area contributed by atoms with Crippen molar-refractivity contribution in [2.45, 2.75) is 213 Å². The number of hydrogen-bond donors (Lipinski definition) is 0. The molecule has 0 aromatic rings. The number of allylic oxidation sites excluding steroid dienone is 9. The van der Waals surface area contributed by atoms with E-state index in [4.69, 9.17) is 14.2 Å². The molecule has 0 radical (unpaired) electrons. The van der Waals surface area contributed by atoms with Crippen molar-refractivity contribution in [2.24, 2.45) is 0 Å². The first-order valence-electron chi connectivity index (χ1n) is 22.3. The zero-order valence-corrected chi connectivity index (χ0v) is 35.2. The Balaban J connectivity index is 4.34. The molecule has 0 aliphatic carbocycles. The first-order chi connectivity index (χ1) is 26.5. The van der Waals surface area contributed by atoms with Crippen molar-refractivity contribution in [3.63, 3.8) is 0 Å². The second-order valence-corrected chi connectivity index (χ2v) is 14.6. The van der Waals surface area contributed by atoms with Gasteiger partial charge in [-0.15, -0.1) is 0 Å². The Morgan fingerprint density at radius 2 is 0.704 bits per heavy atom. The van der Waals surface area contributed by atoms with Gasteiger partial charge in [0.25, 0.3) is 0 Å². The second-order valence-electron chi connectivity index (χ2n) is 14.6. The van der Waals surface area contributed by atoms with Crippen LogP contribution in [0.2, 0.25) is 0 Å². The summed E-state index contributed by atoms with van der Waals surface area (Å²) in [4.78, 5) is 37.4. The van der Waals surface area contributed by atoms with Crippen LogP contribution in [0.25, 0.3) is 0 Å². The highest BCUT2D eigenvalue weighted by Gasteiger charge is 2.19. The molecule has 6 nitrogen and oxygen atoms in total. The van der Waals surface area contributed by atoms with Crippen molar-refractivity contribution < 1.29 is 28.6 Å². The third-order valence-corrected chi connectivity index (χ3v) is 9.32. The Bertz CT molecular complexity index is 1010. The quantitative estimate of drug-likeness (QED) is 0.0269. The topological polar surface area (TPSA) is 78.9 Å². The van der Waals surface area contributed by atoms with E-state index in [0.29, 0.717) is 12.8 Å². The van der Waals surface area contributed by atoms with Crippen LogP contribution in [-0.4, -0.2) is 37.2 Å². The minimum atomic E-state index is -0.820. The van der Waals surface area contributed by atoms with Crippen LogP contribution < -0.4 is 0 Å². The van der Waals surface area contributed by atoms with Crippen molar-refractivity contribution in [1.29, 1.82) is 0 Å². The van der Waals surface area contributed by atoms with Crippen LogP contribution >= 0.6 is 0 Å². The second kappa shape index (κ2) is 42.8. The van der Waals surface area contributed by atoms with Crippen LogP contribution in [0.3, 0.4) is 0 Å². The summed E-state index contributed by atoms with van der Waals surface area (Å²) < 4.78 is 16.5. The number of unbranched alkanes of at least 4 members (excludes halogenated alkanes) is 19. The Morgan fingerprint density at radius 3 is 1.06 bits per heavy atom. The Kier molecular flexibility index (Phi) is 40.6. The van der Waals surface area contributed by atoms with Crippen LogP contribution in [0.4, 0.5) is 0 Å². The third-order valence-electron chi connectivity index (χ3n) is 9.32. The third kappa shape index (κ3) is 40.3. The van der Waals surface area contributed by atoms with E-state index in [-0.39, 0.29) is 31.6 Å². The van der Waals surface area contributed by atoms with E-state index in [9.17, 15) is 14.4 Å². The average Bonchev–Trinajstić information content (AvgIpc) is 3.17. The lowest BCUT2D eigenvalue weighted by atomic mass is 10.0. The molecule has 0 fully saturated rings. The molecule has 54 heavy (non-hydrogen) atoms. The van der Waals surface area contributed by atoms with E-state index in [0.717, 1.165) is 83.5 Å². The lowest BCUT2D eigenvalue weighted by molar-refractivity contribution is -0.166. The molecule has 0 aromatic carbocycles. The number of carbonyl (C=O) groups excluding carboxylic acids is 3. The lowest BCUT2D eigenvalue weighted by Crippen LogP contribution is -2.30. The first kappa shape index (κ1) is 51.1. The minimum absolute atomic E-state index is 0.0997. The lowest BCUT2D eigenvalue weighted by Gasteiger charge is -2.18. The van der Waals surface area contributed by atoms with E-state index < -0.39 is 12.1 Å². The number of ether oxygens (including phenoxy) is 3. The molecular formula is C48H82O6. The van der Waals surface area contributed by atoms with Crippen molar-refractivity contribution in [1.82, 2.24) is 0 Å². The summed E-state index contributed by atoms with van der Waals surface area (Å²) in [6, 6.07) is 0. The van der Waals surface area contributed by atoms with Gasteiger partial charge >= 0.3 is 17.9 Å². The molecule has 0 aliphatic rings. The summed E-state index contributed by atoms with van der Waals surface area (Å²) in [5.74, 6) is -1.06. The predicted octanol–water partition coefficient (Wildman–Crippen LogP) is 14.1. The van der Waals surface area contributed by atoms with Gasteiger partial charge in [-0.3, -0.25) is 14.4 Å². The van der Waals surface area contributed by atoms with E-state index >= 15 is 0 Å².